The molecule has 0 aromatic heterocycles. The lowest BCUT2D eigenvalue weighted by molar-refractivity contribution is -0.121. The van der Waals surface area contributed by atoms with Gasteiger partial charge in [-0.15, -0.1) is 0 Å². The molecule has 4 heteroatoms. The summed E-state index contributed by atoms with van der Waals surface area (Å²) in [5.41, 5.74) is 1.74. The van der Waals surface area contributed by atoms with Crippen molar-refractivity contribution in [3.63, 3.8) is 0 Å². The molecule has 2 aromatic rings. The van der Waals surface area contributed by atoms with Gasteiger partial charge >= 0.3 is 5.97 Å². The number of aromatic carboxylic acids is 1. The van der Waals surface area contributed by atoms with Gasteiger partial charge in [0, 0.05) is 0 Å². The van der Waals surface area contributed by atoms with E-state index in [4.69, 9.17) is 0 Å². The summed E-state index contributed by atoms with van der Waals surface area (Å²) in [5, 5.41) is 12.2. The largest absolute Gasteiger partial charge is 0.478 e. The molecule has 0 radical (unpaired) electrons. The van der Waals surface area contributed by atoms with Gasteiger partial charge in [0.2, 0.25) is 5.91 Å². The predicted octanol–water partition coefficient (Wildman–Crippen LogP) is 3.44. The molecule has 0 saturated carbocycles. The molecule has 0 spiro atoms. The van der Waals surface area contributed by atoms with Crippen LogP contribution in [0.3, 0.4) is 0 Å². The molecule has 1 amide bonds. The fraction of sp³-hybridized carbons (Fsp3) is 0.263. The van der Waals surface area contributed by atoms with Gasteiger partial charge in [-0.3, -0.25) is 4.79 Å². The molecule has 0 aliphatic heterocycles. The monoisotopic (exact) mass is 311 g/mol. The van der Waals surface area contributed by atoms with Crippen LogP contribution in [0.5, 0.6) is 0 Å². The van der Waals surface area contributed by atoms with E-state index in [1.165, 1.54) is 6.07 Å². The van der Waals surface area contributed by atoms with Gasteiger partial charge in [-0.2, -0.15) is 0 Å². The highest BCUT2D eigenvalue weighted by Gasteiger charge is 2.19. The fourth-order valence-corrected chi connectivity index (χ4v) is 2.58. The maximum Gasteiger partial charge on any atom is 0.335 e. The smallest absolute Gasteiger partial charge is 0.335 e. The Morgan fingerprint density at radius 2 is 1.61 bits per heavy atom. The van der Waals surface area contributed by atoms with Gasteiger partial charge in [0.05, 0.1) is 18.0 Å². The lowest BCUT2D eigenvalue weighted by atomic mass is 9.95. The molecule has 2 rings (SSSR count). The first kappa shape index (κ1) is 16.7. The minimum atomic E-state index is -1.02. The second kappa shape index (κ2) is 7.58. The molecule has 0 heterocycles. The predicted molar refractivity (Wildman–Crippen MR) is 89.3 cm³/mol. The lowest BCUT2D eigenvalue weighted by Crippen LogP contribution is -2.33. The number of carbonyl (C=O) groups excluding carboxylic acids is 1. The van der Waals surface area contributed by atoms with E-state index in [-0.39, 0.29) is 29.9 Å². The SMILES string of the molecule is CC(C)C(NC(=O)Cc1ccccc1C(=O)O)c1ccccc1. The molecule has 0 saturated heterocycles. The van der Waals surface area contributed by atoms with Crippen LogP contribution in [0.25, 0.3) is 0 Å². The Morgan fingerprint density at radius 1 is 1.00 bits per heavy atom. The number of benzene rings is 2. The molecule has 2 aromatic carbocycles. The zero-order valence-corrected chi connectivity index (χ0v) is 13.3. The van der Waals surface area contributed by atoms with Gasteiger partial charge in [0.1, 0.15) is 0 Å². The average molecular weight is 311 g/mol. The lowest BCUT2D eigenvalue weighted by Gasteiger charge is -2.23. The second-order valence-corrected chi connectivity index (χ2v) is 5.84. The van der Waals surface area contributed by atoms with Crippen LogP contribution in [0.4, 0.5) is 0 Å². The number of hydrogen-bond acceptors (Lipinski definition) is 2. The molecule has 0 aliphatic carbocycles. The summed E-state index contributed by atoms with van der Waals surface area (Å²) in [5.74, 6) is -0.964. The van der Waals surface area contributed by atoms with Crippen molar-refractivity contribution in [1.29, 1.82) is 0 Å². The topological polar surface area (TPSA) is 66.4 Å². The maximum atomic E-state index is 12.4. The average Bonchev–Trinajstić information content (AvgIpc) is 2.53. The van der Waals surface area contributed by atoms with Crippen molar-refractivity contribution in [3.8, 4) is 0 Å². The summed E-state index contributed by atoms with van der Waals surface area (Å²) < 4.78 is 0. The summed E-state index contributed by atoms with van der Waals surface area (Å²) in [4.78, 5) is 23.6. The molecular weight excluding hydrogens is 290 g/mol. The van der Waals surface area contributed by atoms with Gasteiger partial charge in [-0.25, -0.2) is 4.79 Å². The Morgan fingerprint density at radius 3 is 2.22 bits per heavy atom. The van der Waals surface area contributed by atoms with E-state index < -0.39 is 5.97 Å². The van der Waals surface area contributed by atoms with Crippen molar-refractivity contribution in [3.05, 3.63) is 71.3 Å². The van der Waals surface area contributed by atoms with Crippen LogP contribution >= 0.6 is 0 Å². The first-order valence-corrected chi connectivity index (χ1v) is 7.64. The summed E-state index contributed by atoms with van der Waals surface area (Å²) in [6.07, 6.45) is 0.0541. The molecule has 1 atom stereocenters. The highest BCUT2D eigenvalue weighted by atomic mass is 16.4. The van der Waals surface area contributed by atoms with E-state index in [1.54, 1.807) is 18.2 Å². The molecule has 120 valence electrons. The number of carboxylic acid groups (broad SMARTS) is 1. The number of rotatable bonds is 6. The van der Waals surface area contributed by atoms with Crippen LogP contribution in [0.15, 0.2) is 54.6 Å². The Labute approximate surface area is 136 Å². The van der Waals surface area contributed by atoms with Gasteiger partial charge < -0.3 is 10.4 Å². The number of carboxylic acids is 1. The van der Waals surface area contributed by atoms with Crippen molar-refractivity contribution >= 4 is 11.9 Å². The number of nitrogens with one attached hydrogen (secondary N) is 1. The minimum absolute atomic E-state index is 0.0541. The van der Waals surface area contributed by atoms with Crippen LogP contribution in [0.1, 0.15) is 41.4 Å². The van der Waals surface area contributed by atoms with E-state index >= 15 is 0 Å². The number of amides is 1. The molecule has 4 nitrogen and oxygen atoms in total. The van der Waals surface area contributed by atoms with Crippen LogP contribution in [0, 0.1) is 5.92 Å². The van der Waals surface area contributed by atoms with E-state index in [9.17, 15) is 14.7 Å². The van der Waals surface area contributed by atoms with Crippen LogP contribution in [-0.2, 0) is 11.2 Å². The highest BCUT2D eigenvalue weighted by Crippen LogP contribution is 2.21. The first-order chi connectivity index (χ1) is 11.0. The van der Waals surface area contributed by atoms with Crippen molar-refractivity contribution in [2.75, 3.05) is 0 Å². The second-order valence-electron chi connectivity index (χ2n) is 5.84. The van der Waals surface area contributed by atoms with E-state index in [1.807, 2.05) is 44.2 Å². The van der Waals surface area contributed by atoms with Crippen LogP contribution in [0.2, 0.25) is 0 Å². The zero-order valence-electron chi connectivity index (χ0n) is 13.3. The normalized spacial score (nSPS) is 12.0. The van der Waals surface area contributed by atoms with E-state index in [0.717, 1.165) is 5.56 Å². The quantitative estimate of drug-likeness (QED) is 0.859. The van der Waals surface area contributed by atoms with Gasteiger partial charge in [0.25, 0.3) is 0 Å². The van der Waals surface area contributed by atoms with Crippen LogP contribution in [-0.4, -0.2) is 17.0 Å². The van der Waals surface area contributed by atoms with Crippen molar-refractivity contribution < 1.29 is 14.7 Å². The summed E-state index contributed by atoms with van der Waals surface area (Å²) in [6, 6.07) is 16.3. The standard InChI is InChI=1S/C19H21NO3/c1-13(2)18(14-8-4-3-5-9-14)20-17(21)12-15-10-6-7-11-16(15)19(22)23/h3-11,13,18H,12H2,1-2H3,(H,20,21)(H,22,23). The maximum absolute atomic E-state index is 12.4. The third kappa shape index (κ3) is 4.42. The molecule has 0 bridgehead atoms. The van der Waals surface area contributed by atoms with Crippen molar-refractivity contribution in [2.24, 2.45) is 5.92 Å². The third-order valence-electron chi connectivity index (χ3n) is 3.74. The van der Waals surface area contributed by atoms with E-state index in [0.29, 0.717) is 5.56 Å². The van der Waals surface area contributed by atoms with Crippen molar-refractivity contribution in [2.45, 2.75) is 26.3 Å². The Hall–Kier alpha value is -2.62. The number of carbonyl (C=O) groups is 2. The van der Waals surface area contributed by atoms with Crippen LogP contribution < -0.4 is 5.32 Å². The Bertz CT molecular complexity index is 680. The first-order valence-electron chi connectivity index (χ1n) is 7.64. The molecule has 2 N–H and O–H groups in total. The van der Waals surface area contributed by atoms with Crippen molar-refractivity contribution in [1.82, 2.24) is 5.32 Å². The van der Waals surface area contributed by atoms with E-state index in [2.05, 4.69) is 5.32 Å². The minimum Gasteiger partial charge on any atom is -0.478 e. The Balaban J connectivity index is 2.13. The summed E-state index contributed by atoms with van der Waals surface area (Å²) >= 11 is 0. The number of hydrogen-bond donors (Lipinski definition) is 2. The highest BCUT2D eigenvalue weighted by molar-refractivity contribution is 5.91. The summed E-state index contributed by atoms with van der Waals surface area (Å²) in [6.45, 7) is 4.09. The molecule has 0 fully saturated rings. The summed E-state index contributed by atoms with van der Waals surface area (Å²) in [7, 11) is 0. The molecular formula is C19H21NO3. The van der Waals surface area contributed by atoms with Gasteiger partial charge in [0.15, 0.2) is 0 Å². The van der Waals surface area contributed by atoms with Gasteiger partial charge in [-0.1, -0.05) is 62.4 Å². The Kier molecular flexibility index (Phi) is 5.52. The van der Waals surface area contributed by atoms with Gasteiger partial charge in [-0.05, 0) is 23.1 Å². The fourth-order valence-electron chi connectivity index (χ4n) is 2.58. The third-order valence-corrected chi connectivity index (χ3v) is 3.74. The molecule has 1 unspecified atom stereocenters. The molecule has 23 heavy (non-hydrogen) atoms. The molecule has 0 aliphatic rings. The zero-order chi connectivity index (χ0) is 16.8.